The van der Waals surface area contributed by atoms with E-state index >= 15 is 0 Å². The summed E-state index contributed by atoms with van der Waals surface area (Å²) >= 11 is 0. The minimum Gasteiger partial charge on any atom is -0.458 e. The lowest BCUT2D eigenvalue weighted by molar-refractivity contribution is -0.211. The Kier molecular flexibility index (Phi) is 5.26. The maximum atomic E-state index is 12.4. The Morgan fingerprint density at radius 1 is 1.46 bits per heavy atom. The molecule has 154 valence electrons. The molecule has 0 radical (unpaired) electrons. The van der Waals surface area contributed by atoms with Crippen molar-refractivity contribution in [1.29, 1.82) is 0 Å². The summed E-state index contributed by atoms with van der Waals surface area (Å²) in [7, 11) is 0. The van der Waals surface area contributed by atoms with Gasteiger partial charge in [0.1, 0.15) is 12.2 Å². The van der Waals surface area contributed by atoms with E-state index in [1.54, 1.807) is 26.8 Å². The smallest absolute Gasteiger partial charge is 0.334 e. The van der Waals surface area contributed by atoms with Gasteiger partial charge in [-0.05, 0) is 26.8 Å². The van der Waals surface area contributed by atoms with Gasteiger partial charge in [-0.15, -0.1) is 0 Å². The van der Waals surface area contributed by atoms with Gasteiger partial charge in [0.05, 0.1) is 24.2 Å². The van der Waals surface area contributed by atoms with Crippen LogP contribution >= 0.6 is 0 Å². The van der Waals surface area contributed by atoms with E-state index in [0.29, 0.717) is 5.57 Å². The van der Waals surface area contributed by atoms with Crippen molar-refractivity contribution in [3.05, 3.63) is 35.5 Å². The third kappa shape index (κ3) is 3.30. The van der Waals surface area contributed by atoms with Gasteiger partial charge in [-0.25, -0.2) is 9.59 Å². The third-order valence-corrected chi connectivity index (χ3v) is 5.90. The van der Waals surface area contributed by atoms with Crippen LogP contribution in [-0.2, 0) is 23.8 Å². The molecule has 0 amide bonds. The number of rotatable bonds is 3. The van der Waals surface area contributed by atoms with Crippen LogP contribution in [0.4, 0.5) is 0 Å². The second-order valence-electron chi connectivity index (χ2n) is 7.81. The van der Waals surface area contributed by atoms with E-state index in [1.165, 1.54) is 6.08 Å². The Morgan fingerprint density at radius 2 is 2.14 bits per heavy atom. The number of aliphatic hydroxyl groups is 3. The second kappa shape index (κ2) is 7.11. The average Bonchev–Trinajstić information content (AvgIpc) is 3.04. The van der Waals surface area contributed by atoms with Crippen LogP contribution in [0.3, 0.4) is 0 Å². The molecular formula is C20H26O8. The number of hydrogen-bond donors (Lipinski definition) is 3. The SMILES string of the molecule is C=C1C(=O)O[C@H]2/C=C(\CO)C3(O)C[C@H](O)C(C)(C[C@@H](OC(=O)/C(C)=C\C)[C@@H]12)O3. The standard InChI is InChI=1S/C20H26O8/c1-5-10(2)17(23)27-14-7-19(4)15(22)8-20(25,28-19)12(9-21)6-13-16(14)11(3)18(24)26-13/h5-6,13-16,21-22,25H,3,7-9H2,1-2,4H3/b10-5-,12-6+/t13-,14+,15-,16-,19?,20?/m0/s1. The number of ether oxygens (including phenoxy) is 3. The van der Waals surface area contributed by atoms with Gasteiger partial charge in [0.25, 0.3) is 0 Å². The highest BCUT2D eigenvalue weighted by Crippen LogP contribution is 2.48. The van der Waals surface area contributed by atoms with E-state index in [0.717, 1.165) is 0 Å². The summed E-state index contributed by atoms with van der Waals surface area (Å²) in [6.45, 7) is 8.11. The molecule has 2 fully saturated rings. The zero-order valence-electron chi connectivity index (χ0n) is 16.2. The average molecular weight is 394 g/mol. The van der Waals surface area contributed by atoms with Gasteiger partial charge in [-0.2, -0.15) is 0 Å². The maximum Gasteiger partial charge on any atom is 0.334 e. The number of aliphatic hydroxyl groups excluding tert-OH is 2. The van der Waals surface area contributed by atoms with E-state index in [4.69, 9.17) is 14.2 Å². The third-order valence-electron chi connectivity index (χ3n) is 5.90. The van der Waals surface area contributed by atoms with E-state index in [9.17, 15) is 24.9 Å². The highest BCUT2D eigenvalue weighted by Gasteiger charge is 2.58. The van der Waals surface area contributed by atoms with Gasteiger partial charge in [0.2, 0.25) is 0 Å². The molecule has 28 heavy (non-hydrogen) atoms. The van der Waals surface area contributed by atoms with Crippen molar-refractivity contribution in [1.82, 2.24) is 0 Å². The monoisotopic (exact) mass is 394 g/mol. The van der Waals surface area contributed by atoms with Crippen molar-refractivity contribution >= 4 is 11.9 Å². The largest absolute Gasteiger partial charge is 0.458 e. The number of carbonyl (C=O) groups excluding carboxylic acids is 2. The van der Waals surface area contributed by atoms with Crippen LogP contribution in [-0.4, -0.2) is 63.6 Å². The first-order valence-electron chi connectivity index (χ1n) is 9.21. The van der Waals surface area contributed by atoms with E-state index in [2.05, 4.69) is 6.58 Å². The Balaban J connectivity index is 2.09. The molecule has 0 saturated carbocycles. The Morgan fingerprint density at radius 3 is 2.75 bits per heavy atom. The highest BCUT2D eigenvalue weighted by molar-refractivity contribution is 5.92. The van der Waals surface area contributed by atoms with Gasteiger partial charge in [-0.1, -0.05) is 12.7 Å². The molecule has 0 aromatic rings. The second-order valence-corrected chi connectivity index (χ2v) is 7.81. The fourth-order valence-electron chi connectivity index (χ4n) is 4.02. The van der Waals surface area contributed by atoms with Crippen molar-refractivity contribution in [3.63, 3.8) is 0 Å². The summed E-state index contributed by atoms with van der Waals surface area (Å²) in [6, 6.07) is 0. The quantitative estimate of drug-likeness (QED) is 0.360. The van der Waals surface area contributed by atoms with Gasteiger partial charge in [0, 0.05) is 29.6 Å². The first-order valence-corrected chi connectivity index (χ1v) is 9.21. The molecule has 2 unspecified atom stereocenters. The van der Waals surface area contributed by atoms with E-state index < -0.39 is 54.2 Å². The lowest BCUT2D eigenvalue weighted by atomic mass is 9.80. The molecule has 3 N–H and O–H groups in total. The molecule has 0 aliphatic carbocycles. The van der Waals surface area contributed by atoms with Crippen LogP contribution in [0, 0.1) is 5.92 Å². The predicted octanol–water partition coefficient (Wildman–Crippen LogP) is 0.513. The Bertz CT molecular complexity index is 768. The van der Waals surface area contributed by atoms with Crippen LogP contribution in [0.2, 0.25) is 0 Å². The van der Waals surface area contributed by atoms with Crippen LogP contribution in [0.15, 0.2) is 35.5 Å². The molecule has 3 aliphatic rings. The number of carbonyl (C=O) groups is 2. The summed E-state index contributed by atoms with van der Waals surface area (Å²) in [4.78, 5) is 24.6. The first-order chi connectivity index (χ1) is 13.0. The van der Waals surface area contributed by atoms with Gasteiger partial charge >= 0.3 is 11.9 Å². The topological polar surface area (TPSA) is 123 Å². The molecular weight excluding hydrogens is 368 g/mol. The summed E-state index contributed by atoms with van der Waals surface area (Å²) < 4.78 is 16.8. The minimum absolute atomic E-state index is 0.00257. The lowest BCUT2D eigenvalue weighted by Crippen LogP contribution is -2.44. The maximum absolute atomic E-state index is 12.4. The molecule has 3 aliphatic heterocycles. The van der Waals surface area contributed by atoms with Crippen LogP contribution < -0.4 is 0 Å². The molecule has 2 saturated heterocycles. The van der Waals surface area contributed by atoms with E-state index in [-0.39, 0.29) is 24.0 Å². The molecule has 8 heteroatoms. The summed E-state index contributed by atoms with van der Waals surface area (Å²) in [5.41, 5.74) is -0.700. The first kappa shape index (κ1) is 20.7. The molecule has 8 nitrogen and oxygen atoms in total. The van der Waals surface area contributed by atoms with Gasteiger partial charge in [-0.3, -0.25) is 0 Å². The highest BCUT2D eigenvalue weighted by atomic mass is 16.7. The van der Waals surface area contributed by atoms with Gasteiger partial charge in [0.15, 0.2) is 5.79 Å². The van der Waals surface area contributed by atoms with Crippen molar-refractivity contribution in [3.8, 4) is 0 Å². The molecule has 0 spiro atoms. The van der Waals surface area contributed by atoms with Gasteiger partial charge < -0.3 is 29.5 Å². The Labute approximate surface area is 163 Å². The number of esters is 2. The van der Waals surface area contributed by atoms with Crippen molar-refractivity contribution in [2.45, 2.75) is 63.3 Å². The zero-order chi connectivity index (χ0) is 20.9. The minimum atomic E-state index is -1.91. The number of allylic oxidation sites excluding steroid dienone is 1. The van der Waals surface area contributed by atoms with Crippen LogP contribution in [0.1, 0.15) is 33.6 Å². The van der Waals surface area contributed by atoms with Crippen molar-refractivity contribution in [2.75, 3.05) is 6.61 Å². The zero-order valence-corrected chi connectivity index (χ0v) is 16.2. The molecule has 6 atom stereocenters. The summed E-state index contributed by atoms with van der Waals surface area (Å²) in [5, 5.41) is 31.3. The molecule has 3 heterocycles. The van der Waals surface area contributed by atoms with Crippen LogP contribution in [0.25, 0.3) is 0 Å². The molecule has 0 aromatic carbocycles. The normalized spacial score (nSPS) is 42.6. The fourth-order valence-corrected chi connectivity index (χ4v) is 4.02. The Hall–Kier alpha value is -2.00. The van der Waals surface area contributed by atoms with Crippen LogP contribution in [0.5, 0.6) is 0 Å². The molecule has 3 rings (SSSR count). The number of fused-ring (bicyclic) bond motifs is 3. The predicted molar refractivity (Wildman–Crippen MR) is 96.7 cm³/mol. The number of hydrogen-bond acceptors (Lipinski definition) is 8. The molecule has 0 aromatic heterocycles. The summed E-state index contributed by atoms with van der Waals surface area (Å²) in [5.74, 6) is -3.87. The van der Waals surface area contributed by atoms with Crippen molar-refractivity contribution in [2.24, 2.45) is 5.92 Å². The lowest BCUT2D eigenvalue weighted by Gasteiger charge is -2.34. The summed E-state index contributed by atoms with van der Waals surface area (Å²) in [6.07, 6.45) is -0.0427. The fraction of sp³-hybridized carbons (Fsp3) is 0.600. The van der Waals surface area contributed by atoms with E-state index in [1.807, 2.05) is 0 Å². The molecule has 2 bridgehead atoms. The van der Waals surface area contributed by atoms with Crippen molar-refractivity contribution < 1.29 is 39.1 Å².